The molecule has 2 fully saturated rings. The summed E-state index contributed by atoms with van der Waals surface area (Å²) in [6.45, 7) is 1.51. The van der Waals surface area contributed by atoms with Crippen LogP contribution >= 0.6 is 0 Å². The number of piperidine rings is 1. The molecule has 2 amide bonds. The van der Waals surface area contributed by atoms with Gasteiger partial charge in [0, 0.05) is 24.6 Å². The summed E-state index contributed by atoms with van der Waals surface area (Å²) < 4.78 is 13.2. The van der Waals surface area contributed by atoms with E-state index in [1.54, 1.807) is 17.0 Å². The van der Waals surface area contributed by atoms with Crippen molar-refractivity contribution in [2.45, 2.75) is 57.5 Å². The Balaban J connectivity index is 1.38. The van der Waals surface area contributed by atoms with E-state index in [-0.39, 0.29) is 41.6 Å². The predicted octanol–water partition coefficient (Wildman–Crippen LogP) is 2.50. The maximum Gasteiger partial charge on any atom is 0.254 e. The number of carbonyl (C=O) groups is 2. The molecule has 7 nitrogen and oxygen atoms in total. The van der Waals surface area contributed by atoms with Crippen LogP contribution in [0.5, 0.6) is 0 Å². The third-order valence-electron chi connectivity index (χ3n) is 6.74. The Labute approximate surface area is 185 Å². The van der Waals surface area contributed by atoms with Gasteiger partial charge in [-0.05, 0) is 56.2 Å². The first-order valence-electron chi connectivity index (χ1n) is 11.4. The van der Waals surface area contributed by atoms with Crippen LogP contribution in [0.1, 0.15) is 60.8 Å². The Morgan fingerprint density at radius 2 is 1.88 bits per heavy atom. The van der Waals surface area contributed by atoms with Gasteiger partial charge in [-0.25, -0.2) is 9.37 Å². The fourth-order valence-corrected chi connectivity index (χ4v) is 4.79. The van der Waals surface area contributed by atoms with E-state index in [1.807, 2.05) is 4.90 Å². The number of amides is 2. The van der Waals surface area contributed by atoms with Crippen molar-refractivity contribution in [2.75, 3.05) is 13.1 Å². The third-order valence-corrected chi connectivity index (χ3v) is 6.74. The average Bonchev–Trinajstić information content (AvgIpc) is 3.65. The molecule has 1 N–H and O–H groups in total. The fraction of sp³-hybridized carbons (Fsp3) is 0.500. The normalized spacial score (nSPS) is 20.7. The molecule has 3 heterocycles. The molecule has 168 valence electrons. The highest BCUT2D eigenvalue weighted by atomic mass is 19.1. The second-order valence-electron chi connectivity index (χ2n) is 9.06. The maximum absolute atomic E-state index is 13.2. The van der Waals surface area contributed by atoms with E-state index in [4.69, 9.17) is 4.98 Å². The zero-order chi connectivity index (χ0) is 22.2. The molecule has 8 heteroatoms. The van der Waals surface area contributed by atoms with Crippen molar-refractivity contribution in [3.63, 3.8) is 0 Å². The quantitative estimate of drug-likeness (QED) is 0.795. The van der Waals surface area contributed by atoms with Gasteiger partial charge in [0.2, 0.25) is 11.8 Å². The van der Waals surface area contributed by atoms with Crippen molar-refractivity contribution in [2.24, 2.45) is 5.92 Å². The number of fused-ring (bicyclic) bond motifs is 1. The summed E-state index contributed by atoms with van der Waals surface area (Å²) in [5.74, 6) is 0.403. The van der Waals surface area contributed by atoms with E-state index in [0.717, 1.165) is 37.7 Å². The number of halogens is 1. The number of H-pyrrole nitrogens is 1. The fourth-order valence-electron chi connectivity index (χ4n) is 4.79. The Bertz CT molecular complexity index is 1090. The van der Waals surface area contributed by atoms with E-state index in [0.29, 0.717) is 43.1 Å². The molecule has 1 aliphatic carbocycles. The number of aromatic amines is 1. The zero-order valence-electron chi connectivity index (χ0n) is 18.0. The molecule has 5 rings (SSSR count). The summed E-state index contributed by atoms with van der Waals surface area (Å²) in [6, 6.07) is 5.65. The molecular weight excluding hydrogens is 411 g/mol. The van der Waals surface area contributed by atoms with Crippen LogP contribution in [-0.2, 0) is 29.0 Å². The first-order valence-corrected chi connectivity index (χ1v) is 11.4. The molecule has 0 spiro atoms. The summed E-state index contributed by atoms with van der Waals surface area (Å²) in [5.41, 5.74) is 1.89. The van der Waals surface area contributed by atoms with E-state index in [1.165, 1.54) is 12.1 Å². The molecule has 3 aliphatic rings. The Morgan fingerprint density at radius 3 is 2.62 bits per heavy atom. The van der Waals surface area contributed by atoms with Gasteiger partial charge in [0.15, 0.2) is 0 Å². The van der Waals surface area contributed by atoms with Gasteiger partial charge in [0.1, 0.15) is 11.6 Å². The lowest BCUT2D eigenvalue weighted by molar-refractivity contribution is -0.134. The molecule has 0 bridgehead atoms. The number of hydrogen-bond donors (Lipinski definition) is 1. The molecule has 2 aliphatic heterocycles. The number of aromatic nitrogens is 2. The van der Waals surface area contributed by atoms with Gasteiger partial charge in [-0.3, -0.25) is 14.4 Å². The van der Waals surface area contributed by atoms with Crippen LogP contribution in [0.15, 0.2) is 29.1 Å². The maximum atomic E-state index is 13.2. The second-order valence-corrected chi connectivity index (χ2v) is 9.06. The molecule has 2 aromatic rings. The number of hydrogen-bond acceptors (Lipinski definition) is 4. The number of rotatable bonds is 4. The van der Waals surface area contributed by atoms with Crippen LogP contribution in [0.25, 0.3) is 0 Å². The topological polar surface area (TPSA) is 86.4 Å². The van der Waals surface area contributed by atoms with E-state index < -0.39 is 0 Å². The van der Waals surface area contributed by atoms with Crippen molar-refractivity contribution < 1.29 is 14.0 Å². The highest BCUT2D eigenvalue weighted by molar-refractivity contribution is 5.81. The molecular formula is C24H27FN4O3. The summed E-state index contributed by atoms with van der Waals surface area (Å²) in [5, 5.41) is 0. The van der Waals surface area contributed by atoms with Crippen LogP contribution in [0.2, 0.25) is 0 Å². The van der Waals surface area contributed by atoms with Crippen molar-refractivity contribution in [1.29, 1.82) is 0 Å². The molecule has 1 saturated carbocycles. The average molecular weight is 439 g/mol. The van der Waals surface area contributed by atoms with Crippen LogP contribution in [0.3, 0.4) is 0 Å². The van der Waals surface area contributed by atoms with Crippen LogP contribution in [0.4, 0.5) is 4.39 Å². The molecule has 1 aromatic heterocycles. The van der Waals surface area contributed by atoms with E-state index in [9.17, 15) is 18.8 Å². The van der Waals surface area contributed by atoms with Crippen LogP contribution < -0.4 is 5.56 Å². The minimum Gasteiger partial charge on any atom is -0.336 e. The SMILES string of the molecule is O=C(C1CC1)N1CCc2c(nc([C@@H]3CCCCN3C(=O)Cc3ccc(F)cc3)[nH]c2=O)C1. The van der Waals surface area contributed by atoms with Crippen LogP contribution in [-0.4, -0.2) is 44.7 Å². The van der Waals surface area contributed by atoms with Gasteiger partial charge in [0.25, 0.3) is 5.56 Å². The highest BCUT2D eigenvalue weighted by Crippen LogP contribution is 2.33. The summed E-state index contributed by atoms with van der Waals surface area (Å²) in [6.07, 6.45) is 5.14. The van der Waals surface area contributed by atoms with Crippen molar-refractivity contribution in [3.05, 3.63) is 63.1 Å². The molecule has 0 radical (unpaired) electrons. The Kier molecular flexibility index (Phi) is 5.53. The Hall–Kier alpha value is -3.03. The first kappa shape index (κ1) is 20.8. The van der Waals surface area contributed by atoms with Crippen molar-refractivity contribution in [3.8, 4) is 0 Å². The van der Waals surface area contributed by atoms with E-state index >= 15 is 0 Å². The predicted molar refractivity (Wildman–Crippen MR) is 115 cm³/mol. The van der Waals surface area contributed by atoms with Gasteiger partial charge in [-0.1, -0.05) is 12.1 Å². The monoisotopic (exact) mass is 438 g/mol. The number of carbonyl (C=O) groups excluding carboxylic acids is 2. The molecule has 1 aromatic carbocycles. The number of nitrogens with one attached hydrogen (secondary N) is 1. The van der Waals surface area contributed by atoms with Gasteiger partial charge in [-0.2, -0.15) is 0 Å². The minimum atomic E-state index is -0.331. The van der Waals surface area contributed by atoms with Gasteiger partial charge < -0.3 is 14.8 Å². The van der Waals surface area contributed by atoms with Crippen molar-refractivity contribution in [1.82, 2.24) is 19.8 Å². The largest absolute Gasteiger partial charge is 0.336 e. The standard InChI is InChI=1S/C24H27FN4O3/c25-17-8-4-15(5-9-17)13-21(30)29-11-2-1-3-20(29)22-26-19-14-28(24(32)16-6-7-16)12-10-18(19)23(31)27-22/h4-5,8-9,16,20H,1-3,6-7,10-14H2,(H,26,27,31)/t20-/m0/s1. The Morgan fingerprint density at radius 1 is 1.09 bits per heavy atom. The molecule has 0 unspecified atom stereocenters. The van der Waals surface area contributed by atoms with Gasteiger partial charge in [-0.15, -0.1) is 0 Å². The lowest BCUT2D eigenvalue weighted by atomic mass is 9.99. The third kappa shape index (κ3) is 4.18. The summed E-state index contributed by atoms with van der Waals surface area (Å²) >= 11 is 0. The van der Waals surface area contributed by atoms with Gasteiger partial charge in [0.05, 0.1) is 24.7 Å². The summed E-state index contributed by atoms with van der Waals surface area (Å²) in [4.78, 5) is 49.7. The van der Waals surface area contributed by atoms with E-state index in [2.05, 4.69) is 4.98 Å². The smallest absolute Gasteiger partial charge is 0.254 e. The molecule has 1 atom stereocenters. The lowest BCUT2D eigenvalue weighted by Gasteiger charge is -2.36. The first-order chi connectivity index (χ1) is 15.5. The molecule has 1 saturated heterocycles. The van der Waals surface area contributed by atoms with Crippen molar-refractivity contribution >= 4 is 11.8 Å². The lowest BCUT2D eigenvalue weighted by Crippen LogP contribution is -2.43. The zero-order valence-corrected chi connectivity index (χ0v) is 18.0. The summed E-state index contributed by atoms with van der Waals surface area (Å²) in [7, 11) is 0. The number of likely N-dealkylation sites (tertiary alicyclic amines) is 1. The number of nitrogens with zero attached hydrogens (tertiary/aromatic N) is 3. The minimum absolute atomic E-state index is 0.0628. The number of benzene rings is 1. The van der Waals surface area contributed by atoms with Crippen LogP contribution in [0, 0.1) is 11.7 Å². The second kappa shape index (κ2) is 8.48. The highest BCUT2D eigenvalue weighted by Gasteiger charge is 2.36. The van der Waals surface area contributed by atoms with Gasteiger partial charge >= 0.3 is 0 Å². The molecule has 32 heavy (non-hydrogen) atoms.